The molecule has 0 bridgehead atoms. The predicted octanol–water partition coefficient (Wildman–Crippen LogP) is 2.53. The highest BCUT2D eigenvalue weighted by atomic mass is 15.2. The third kappa shape index (κ3) is 3.24. The second kappa shape index (κ2) is 5.19. The standard InChI is InChI=1S/C15H27N3/c1-11-7-12(2)18(9-11)13(3)8-15(4,10-16)17-14-5-6-14/h11-14,17H,5-9H2,1-4H3. The molecule has 0 aromatic rings. The molecule has 1 N–H and O–H groups in total. The Bertz CT molecular complexity index is 331. The second-order valence-electron chi connectivity index (χ2n) is 6.80. The van der Waals surface area contributed by atoms with Crippen LogP contribution in [0.15, 0.2) is 0 Å². The summed E-state index contributed by atoms with van der Waals surface area (Å²) >= 11 is 0. The van der Waals surface area contributed by atoms with E-state index in [1.807, 2.05) is 0 Å². The maximum atomic E-state index is 9.44. The molecule has 2 aliphatic rings. The maximum Gasteiger partial charge on any atom is 0.105 e. The molecule has 0 amide bonds. The monoisotopic (exact) mass is 249 g/mol. The van der Waals surface area contributed by atoms with Gasteiger partial charge in [0.2, 0.25) is 0 Å². The van der Waals surface area contributed by atoms with Crippen LogP contribution in [0, 0.1) is 17.2 Å². The van der Waals surface area contributed by atoms with E-state index in [4.69, 9.17) is 0 Å². The van der Waals surface area contributed by atoms with E-state index in [1.165, 1.54) is 25.8 Å². The summed E-state index contributed by atoms with van der Waals surface area (Å²) in [6.45, 7) is 10.2. The molecule has 2 rings (SSSR count). The summed E-state index contributed by atoms with van der Waals surface area (Å²) in [5, 5.41) is 13.0. The average molecular weight is 249 g/mol. The van der Waals surface area contributed by atoms with Gasteiger partial charge in [0.25, 0.3) is 0 Å². The van der Waals surface area contributed by atoms with Gasteiger partial charge in [-0.2, -0.15) is 5.26 Å². The largest absolute Gasteiger partial charge is 0.298 e. The van der Waals surface area contributed by atoms with Gasteiger partial charge in [0.15, 0.2) is 0 Å². The van der Waals surface area contributed by atoms with E-state index in [0.717, 1.165) is 12.3 Å². The average Bonchev–Trinajstić information content (AvgIpc) is 3.02. The molecular formula is C15H27N3. The van der Waals surface area contributed by atoms with Gasteiger partial charge in [0.05, 0.1) is 6.07 Å². The lowest BCUT2D eigenvalue weighted by molar-refractivity contribution is 0.167. The van der Waals surface area contributed by atoms with Gasteiger partial charge in [0, 0.05) is 24.7 Å². The quantitative estimate of drug-likeness (QED) is 0.814. The van der Waals surface area contributed by atoms with Gasteiger partial charge in [-0.3, -0.25) is 10.2 Å². The molecule has 3 nitrogen and oxygen atoms in total. The summed E-state index contributed by atoms with van der Waals surface area (Å²) in [6, 6.07) is 4.24. The van der Waals surface area contributed by atoms with Crippen LogP contribution in [-0.4, -0.2) is 35.1 Å². The molecular weight excluding hydrogens is 222 g/mol. The van der Waals surface area contributed by atoms with Crippen molar-refractivity contribution in [3.05, 3.63) is 0 Å². The highest BCUT2D eigenvalue weighted by molar-refractivity contribution is 5.09. The van der Waals surface area contributed by atoms with Crippen LogP contribution in [-0.2, 0) is 0 Å². The van der Waals surface area contributed by atoms with Crippen molar-refractivity contribution in [2.24, 2.45) is 5.92 Å². The molecule has 3 heteroatoms. The van der Waals surface area contributed by atoms with E-state index in [0.29, 0.717) is 18.1 Å². The fourth-order valence-corrected chi connectivity index (χ4v) is 3.47. The third-order valence-electron chi connectivity index (χ3n) is 4.45. The summed E-state index contributed by atoms with van der Waals surface area (Å²) in [4.78, 5) is 2.58. The highest BCUT2D eigenvalue weighted by Gasteiger charge is 2.37. The number of hydrogen-bond donors (Lipinski definition) is 1. The lowest BCUT2D eigenvalue weighted by atomic mass is 9.94. The van der Waals surface area contributed by atoms with Crippen LogP contribution in [0.3, 0.4) is 0 Å². The van der Waals surface area contributed by atoms with E-state index >= 15 is 0 Å². The van der Waals surface area contributed by atoms with E-state index in [-0.39, 0.29) is 5.54 Å². The van der Waals surface area contributed by atoms with Gasteiger partial charge in [-0.05, 0) is 52.4 Å². The van der Waals surface area contributed by atoms with Crippen LogP contribution in [0.2, 0.25) is 0 Å². The summed E-state index contributed by atoms with van der Waals surface area (Å²) in [5.41, 5.74) is -0.355. The molecule has 1 aliphatic heterocycles. The fourth-order valence-electron chi connectivity index (χ4n) is 3.47. The zero-order valence-electron chi connectivity index (χ0n) is 12.2. The lowest BCUT2D eigenvalue weighted by Gasteiger charge is -2.34. The number of likely N-dealkylation sites (tertiary alicyclic amines) is 1. The van der Waals surface area contributed by atoms with E-state index in [2.05, 4.69) is 44.0 Å². The number of nitrogens with one attached hydrogen (secondary N) is 1. The van der Waals surface area contributed by atoms with Gasteiger partial charge >= 0.3 is 0 Å². The Balaban J connectivity index is 1.92. The molecule has 0 radical (unpaired) electrons. The highest BCUT2D eigenvalue weighted by Crippen LogP contribution is 2.29. The number of rotatable bonds is 5. The summed E-state index contributed by atoms with van der Waals surface area (Å²) in [5.74, 6) is 0.798. The smallest absolute Gasteiger partial charge is 0.105 e. The first-order chi connectivity index (χ1) is 8.43. The molecule has 0 aromatic heterocycles. The SMILES string of the molecule is CC1CC(C)N(C(C)CC(C)(C#N)NC2CC2)C1. The first-order valence-electron chi connectivity index (χ1n) is 7.38. The van der Waals surface area contributed by atoms with Crippen molar-refractivity contribution >= 4 is 0 Å². The first kappa shape index (κ1) is 13.8. The topological polar surface area (TPSA) is 39.1 Å². The van der Waals surface area contributed by atoms with Crippen LogP contribution in [0.5, 0.6) is 0 Å². The Kier molecular flexibility index (Phi) is 3.99. The Morgan fingerprint density at radius 1 is 1.44 bits per heavy atom. The molecule has 102 valence electrons. The van der Waals surface area contributed by atoms with Crippen molar-refractivity contribution in [1.82, 2.24) is 10.2 Å². The van der Waals surface area contributed by atoms with Crippen LogP contribution < -0.4 is 5.32 Å². The Labute approximate surface area is 112 Å². The van der Waals surface area contributed by atoms with Gasteiger partial charge < -0.3 is 0 Å². The molecule has 1 aliphatic carbocycles. The van der Waals surface area contributed by atoms with Gasteiger partial charge in [0.1, 0.15) is 5.54 Å². The number of hydrogen-bond acceptors (Lipinski definition) is 3. The number of nitrogens with zero attached hydrogens (tertiary/aromatic N) is 2. The Morgan fingerprint density at radius 3 is 2.56 bits per heavy atom. The zero-order valence-corrected chi connectivity index (χ0v) is 12.2. The summed E-state index contributed by atoms with van der Waals surface area (Å²) < 4.78 is 0. The molecule has 2 fully saturated rings. The fraction of sp³-hybridized carbons (Fsp3) is 0.933. The molecule has 0 aromatic carbocycles. The Morgan fingerprint density at radius 2 is 2.11 bits per heavy atom. The third-order valence-corrected chi connectivity index (χ3v) is 4.45. The van der Waals surface area contributed by atoms with E-state index in [1.54, 1.807) is 0 Å². The van der Waals surface area contributed by atoms with E-state index < -0.39 is 0 Å². The molecule has 4 unspecified atom stereocenters. The van der Waals surface area contributed by atoms with Crippen molar-refractivity contribution in [3.63, 3.8) is 0 Å². The second-order valence-corrected chi connectivity index (χ2v) is 6.80. The van der Waals surface area contributed by atoms with Gasteiger partial charge in [-0.1, -0.05) is 6.92 Å². The van der Waals surface area contributed by atoms with Crippen LogP contribution in [0.25, 0.3) is 0 Å². The maximum absolute atomic E-state index is 9.44. The van der Waals surface area contributed by atoms with Crippen molar-refractivity contribution < 1.29 is 0 Å². The number of nitriles is 1. The summed E-state index contributed by atoms with van der Waals surface area (Å²) in [7, 11) is 0. The Hall–Kier alpha value is -0.590. The lowest BCUT2D eigenvalue weighted by Crippen LogP contribution is -2.48. The molecule has 1 saturated carbocycles. The van der Waals surface area contributed by atoms with Gasteiger partial charge in [-0.25, -0.2) is 0 Å². The van der Waals surface area contributed by atoms with Crippen molar-refractivity contribution in [2.75, 3.05) is 6.54 Å². The van der Waals surface area contributed by atoms with Crippen molar-refractivity contribution in [2.45, 2.75) is 77.0 Å². The molecule has 4 atom stereocenters. The van der Waals surface area contributed by atoms with Crippen LogP contribution in [0.1, 0.15) is 53.4 Å². The van der Waals surface area contributed by atoms with Crippen molar-refractivity contribution in [1.29, 1.82) is 5.26 Å². The first-order valence-corrected chi connectivity index (χ1v) is 7.38. The normalized spacial score (nSPS) is 33.9. The minimum Gasteiger partial charge on any atom is -0.298 e. The molecule has 1 heterocycles. The molecule has 1 saturated heterocycles. The minimum absolute atomic E-state index is 0.355. The summed E-state index contributed by atoms with van der Waals surface area (Å²) in [6.07, 6.45) is 4.70. The zero-order chi connectivity index (χ0) is 13.3. The van der Waals surface area contributed by atoms with Crippen LogP contribution >= 0.6 is 0 Å². The van der Waals surface area contributed by atoms with Crippen molar-refractivity contribution in [3.8, 4) is 6.07 Å². The molecule has 0 spiro atoms. The van der Waals surface area contributed by atoms with E-state index in [9.17, 15) is 5.26 Å². The predicted molar refractivity (Wildman–Crippen MR) is 74.2 cm³/mol. The molecule has 18 heavy (non-hydrogen) atoms. The minimum atomic E-state index is -0.355. The van der Waals surface area contributed by atoms with Crippen LogP contribution in [0.4, 0.5) is 0 Å². The van der Waals surface area contributed by atoms with Gasteiger partial charge in [-0.15, -0.1) is 0 Å².